The lowest BCUT2D eigenvalue weighted by Crippen LogP contribution is -2.23. The second kappa shape index (κ2) is 6.57. The monoisotopic (exact) mass is 209 g/mol. The highest BCUT2D eigenvalue weighted by atomic mass is 19.1. The molecular weight excluding hydrogens is 189 g/mol. The van der Waals surface area contributed by atoms with Crippen molar-refractivity contribution in [2.24, 2.45) is 0 Å². The first-order valence-electron chi connectivity index (χ1n) is 5.73. The van der Waals surface area contributed by atoms with E-state index in [1.54, 1.807) is 12.1 Å². The standard InChI is InChI=1S/C13H20FN/c1-3-5-9-15(4-2)11-12-7-6-8-13(14)10-12/h6-8,10H,3-5,9,11H2,1-2H3. The van der Waals surface area contributed by atoms with E-state index in [0.29, 0.717) is 0 Å². The second-order valence-electron chi connectivity index (χ2n) is 3.85. The fourth-order valence-electron chi connectivity index (χ4n) is 1.62. The van der Waals surface area contributed by atoms with E-state index in [1.807, 2.05) is 6.07 Å². The summed E-state index contributed by atoms with van der Waals surface area (Å²) in [4.78, 5) is 2.35. The van der Waals surface area contributed by atoms with Gasteiger partial charge in [0.25, 0.3) is 0 Å². The molecule has 0 aliphatic carbocycles. The van der Waals surface area contributed by atoms with Crippen molar-refractivity contribution in [2.75, 3.05) is 13.1 Å². The third-order valence-electron chi connectivity index (χ3n) is 2.57. The van der Waals surface area contributed by atoms with Crippen LogP contribution in [0.25, 0.3) is 0 Å². The van der Waals surface area contributed by atoms with Crippen LogP contribution in [0.5, 0.6) is 0 Å². The molecule has 1 rings (SSSR count). The Labute approximate surface area is 91.9 Å². The molecule has 0 aliphatic heterocycles. The van der Waals surface area contributed by atoms with Gasteiger partial charge in [-0.05, 0) is 37.2 Å². The van der Waals surface area contributed by atoms with Crippen molar-refractivity contribution in [2.45, 2.75) is 33.2 Å². The Hall–Kier alpha value is -0.890. The molecule has 1 aromatic carbocycles. The molecule has 0 N–H and O–H groups in total. The Bertz CT molecular complexity index is 286. The van der Waals surface area contributed by atoms with Crippen LogP contribution in [-0.4, -0.2) is 18.0 Å². The number of benzene rings is 1. The smallest absolute Gasteiger partial charge is 0.123 e. The normalized spacial score (nSPS) is 10.9. The Morgan fingerprint density at radius 3 is 2.67 bits per heavy atom. The summed E-state index contributed by atoms with van der Waals surface area (Å²) in [6, 6.07) is 6.87. The van der Waals surface area contributed by atoms with Gasteiger partial charge in [0.15, 0.2) is 0 Å². The van der Waals surface area contributed by atoms with Gasteiger partial charge in [-0.15, -0.1) is 0 Å². The molecule has 0 radical (unpaired) electrons. The van der Waals surface area contributed by atoms with Crippen molar-refractivity contribution in [1.82, 2.24) is 4.90 Å². The molecule has 0 saturated heterocycles. The first-order valence-corrected chi connectivity index (χ1v) is 5.73. The zero-order valence-electron chi connectivity index (χ0n) is 9.67. The van der Waals surface area contributed by atoms with Gasteiger partial charge in [0.1, 0.15) is 5.82 Å². The number of halogens is 1. The van der Waals surface area contributed by atoms with Gasteiger partial charge in [-0.25, -0.2) is 4.39 Å². The highest BCUT2D eigenvalue weighted by molar-refractivity contribution is 5.16. The van der Waals surface area contributed by atoms with Gasteiger partial charge in [-0.3, -0.25) is 4.90 Å². The average molecular weight is 209 g/mol. The Morgan fingerprint density at radius 2 is 2.07 bits per heavy atom. The zero-order chi connectivity index (χ0) is 11.1. The van der Waals surface area contributed by atoms with Crippen LogP contribution >= 0.6 is 0 Å². The van der Waals surface area contributed by atoms with Crippen LogP contribution in [0, 0.1) is 5.82 Å². The van der Waals surface area contributed by atoms with Crippen LogP contribution in [0.2, 0.25) is 0 Å². The van der Waals surface area contributed by atoms with Crippen molar-refractivity contribution >= 4 is 0 Å². The molecule has 15 heavy (non-hydrogen) atoms. The van der Waals surface area contributed by atoms with Crippen LogP contribution in [-0.2, 0) is 6.54 Å². The molecule has 0 saturated carbocycles. The minimum atomic E-state index is -0.140. The molecule has 1 nitrogen and oxygen atoms in total. The molecule has 0 aliphatic rings. The fourth-order valence-corrected chi connectivity index (χ4v) is 1.62. The maximum Gasteiger partial charge on any atom is 0.123 e. The Morgan fingerprint density at radius 1 is 1.27 bits per heavy atom. The topological polar surface area (TPSA) is 3.24 Å². The molecule has 0 bridgehead atoms. The number of hydrogen-bond donors (Lipinski definition) is 0. The SMILES string of the molecule is CCCCN(CC)Cc1cccc(F)c1. The van der Waals surface area contributed by atoms with Gasteiger partial charge in [-0.2, -0.15) is 0 Å². The molecule has 1 aromatic rings. The minimum Gasteiger partial charge on any atom is -0.299 e. The van der Waals surface area contributed by atoms with Crippen LogP contribution in [0.15, 0.2) is 24.3 Å². The predicted molar refractivity (Wildman–Crippen MR) is 62.3 cm³/mol. The van der Waals surface area contributed by atoms with Crippen LogP contribution < -0.4 is 0 Å². The quantitative estimate of drug-likeness (QED) is 0.693. The zero-order valence-corrected chi connectivity index (χ0v) is 9.67. The van der Waals surface area contributed by atoms with E-state index in [1.165, 1.54) is 18.9 Å². The van der Waals surface area contributed by atoms with Crippen LogP contribution in [0.3, 0.4) is 0 Å². The van der Waals surface area contributed by atoms with E-state index in [-0.39, 0.29) is 5.82 Å². The summed E-state index contributed by atoms with van der Waals surface area (Å²) in [7, 11) is 0. The van der Waals surface area contributed by atoms with E-state index >= 15 is 0 Å². The average Bonchev–Trinajstić information content (AvgIpc) is 2.24. The minimum absolute atomic E-state index is 0.140. The van der Waals surface area contributed by atoms with E-state index in [9.17, 15) is 4.39 Å². The van der Waals surface area contributed by atoms with Crippen LogP contribution in [0.4, 0.5) is 4.39 Å². The number of nitrogens with zero attached hydrogens (tertiary/aromatic N) is 1. The molecular formula is C13H20FN. The summed E-state index contributed by atoms with van der Waals surface area (Å²) in [5.41, 5.74) is 1.06. The van der Waals surface area contributed by atoms with Gasteiger partial charge in [0, 0.05) is 6.54 Å². The second-order valence-corrected chi connectivity index (χ2v) is 3.85. The van der Waals surface area contributed by atoms with E-state index in [4.69, 9.17) is 0 Å². The van der Waals surface area contributed by atoms with Crippen molar-refractivity contribution in [3.8, 4) is 0 Å². The third-order valence-corrected chi connectivity index (χ3v) is 2.57. The number of rotatable bonds is 6. The maximum absolute atomic E-state index is 13.0. The molecule has 0 fully saturated rings. The van der Waals surface area contributed by atoms with E-state index in [0.717, 1.165) is 25.2 Å². The highest BCUT2D eigenvalue weighted by Gasteiger charge is 2.03. The fraction of sp³-hybridized carbons (Fsp3) is 0.538. The van der Waals surface area contributed by atoms with E-state index in [2.05, 4.69) is 18.7 Å². The molecule has 0 amide bonds. The lowest BCUT2D eigenvalue weighted by molar-refractivity contribution is 0.275. The van der Waals surface area contributed by atoms with Crippen molar-refractivity contribution in [1.29, 1.82) is 0 Å². The lowest BCUT2D eigenvalue weighted by Gasteiger charge is -2.19. The molecule has 0 spiro atoms. The summed E-state index contributed by atoms with van der Waals surface area (Å²) in [5, 5.41) is 0. The summed E-state index contributed by atoms with van der Waals surface area (Å²) in [6.07, 6.45) is 2.42. The Balaban J connectivity index is 2.50. The van der Waals surface area contributed by atoms with Crippen LogP contribution in [0.1, 0.15) is 32.3 Å². The molecule has 2 heteroatoms. The first-order chi connectivity index (χ1) is 7.26. The molecule has 0 aromatic heterocycles. The van der Waals surface area contributed by atoms with Gasteiger partial charge >= 0.3 is 0 Å². The van der Waals surface area contributed by atoms with Gasteiger partial charge in [-0.1, -0.05) is 32.4 Å². The highest BCUT2D eigenvalue weighted by Crippen LogP contribution is 2.07. The number of unbranched alkanes of at least 4 members (excludes halogenated alkanes) is 1. The van der Waals surface area contributed by atoms with Crippen molar-refractivity contribution in [3.05, 3.63) is 35.6 Å². The largest absolute Gasteiger partial charge is 0.299 e. The Kier molecular flexibility index (Phi) is 5.33. The molecule has 0 heterocycles. The maximum atomic E-state index is 13.0. The van der Waals surface area contributed by atoms with Gasteiger partial charge in [0.05, 0.1) is 0 Å². The van der Waals surface area contributed by atoms with Crippen molar-refractivity contribution in [3.63, 3.8) is 0 Å². The molecule has 0 atom stereocenters. The molecule has 0 unspecified atom stereocenters. The summed E-state index contributed by atoms with van der Waals surface area (Å²) >= 11 is 0. The predicted octanol–water partition coefficient (Wildman–Crippen LogP) is 3.45. The molecule has 84 valence electrons. The van der Waals surface area contributed by atoms with Crippen molar-refractivity contribution < 1.29 is 4.39 Å². The summed E-state index contributed by atoms with van der Waals surface area (Å²) in [6.45, 7) is 7.32. The van der Waals surface area contributed by atoms with Gasteiger partial charge in [0.2, 0.25) is 0 Å². The summed E-state index contributed by atoms with van der Waals surface area (Å²) in [5.74, 6) is -0.140. The lowest BCUT2D eigenvalue weighted by atomic mass is 10.2. The van der Waals surface area contributed by atoms with Gasteiger partial charge < -0.3 is 0 Å². The third kappa shape index (κ3) is 4.43. The summed E-state index contributed by atoms with van der Waals surface area (Å²) < 4.78 is 13.0. The first kappa shape index (κ1) is 12.2. The number of hydrogen-bond acceptors (Lipinski definition) is 1. The van der Waals surface area contributed by atoms with E-state index < -0.39 is 0 Å².